The highest BCUT2D eigenvalue weighted by molar-refractivity contribution is 7.07. The average Bonchev–Trinajstić information content (AvgIpc) is 3.16. The number of fused-ring (bicyclic) bond motifs is 1. The van der Waals surface area contributed by atoms with Crippen molar-refractivity contribution in [3.05, 3.63) is 59.7 Å². The van der Waals surface area contributed by atoms with Gasteiger partial charge in [0.25, 0.3) is 5.19 Å². The molecule has 1 aliphatic carbocycles. The smallest absolute Gasteiger partial charge is 0.299 e. The van der Waals surface area contributed by atoms with E-state index in [2.05, 4.69) is 9.36 Å². The molecule has 0 bridgehead atoms. The number of Topliss-reactive ketones (excluding diaryl/α,β-unsaturated/α-hetero) is 1. The summed E-state index contributed by atoms with van der Waals surface area (Å²) in [5.41, 5.74) is 2.83. The molecule has 0 aliphatic heterocycles. The van der Waals surface area contributed by atoms with Crippen LogP contribution in [0.3, 0.4) is 0 Å². The quantitative estimate of drug-likeness (QED) is 0.730. The van der Waals surface area contributed by atoms with Crippen LogP contribution < -0.4 is 4.74 Å². The Morgan fingerprint density at radius 3 is 2.77 bits per heavy atom. The Balaban J connectivity index is 1.57. The zero-order valence-corrected chi connectivity index (χ0v) is 12.5. The van der Waals surface area contributed by atoms with E-state index >= 15 is 0 Å². The van der Waals surface area contributed by atoms with Crippen LogP contribution in [-0.4, -0.2) is 15.1 Å². The molecule has 1 aromatic heterocycles. The molecule has 0 atom stereocenters. The van der Waals surface area contributed by atoms with Gasteiger partial charge in [-0.05, 0) is 30.2 Å². The third-order valence-corrected chi connectivity index (χ3v) is 4.24. The largest absolute Gasteiger partial charge is 0.430 e. The number of ketones is 1. The lowest BCUT2D eigenvalue weighted by Crippen LogP contribution is -1.91. The minimum absolute atomic E-state index is 0.212. The molecule has 3 aromatic rings. The highest BCUT2D eigenvalue weighted by atomic mass is 32.1. The zero-order valence-electron chi connectivity index (χ0n) is 11.7. The molecule has 4 nitrogen and oxygen atoms in total. The Labute approximate surface area is 131 Å². The van der Waals surface area contributed by atoms with Gasteiger partial charge in [0.15, 0.2) is 11.6 Å². The molecule has 0 fully saturated rings. The van der Waals surface area contributed by atoms with Gasteiger partial charge in [0, 0.05) is 29.1 Å². The number of aromatic nitrogens is 2. The van der Waals surface area contributed by atoms with E-state index < -0.39 is 0 Å². The van der Waals surface area contributed by atoms with Crippen LogP contribution in [0.15, 0.2) is 48.5 Å². The van der Waals surface area contributed by atoms with Gasteiger partial charge in [-0.3, -0.25) is 4.79 Å². The van der Waals surface area contributed by atoms with Gasteiger partial charge in [-0.25, -0.2) is 0 Å². The SMILES string of the molecule is O=C1CCc2cc(Oc3nc(-c4ccccc4)ns3)ccc21. The topological polar surface area (TPSA) is 52.1 Å². The molecule has 4 rings (SSSR count). The second kappa shape index (κ2) is 5.35. The summed E-state index contributed by atoms with van der Waals surface area (Å²) >= 11 is 1.22. The van der Waals surface area contributed by atoms with Crippen molar-refractivity contribution in [1.29, 1.82) is 0 Å². The fourth-order valence-corrected chi connectivity index (χ4v) is 3.12. The molecule has 0 saturated carbocycles. The number of aryl methyl sites for hydroxylation is 1. The van der Waals surface area contributed by atoms with Gasteiger partial charge in [0.1, 0.15) is 5.75 Å². The number of benzene rings is 2. The van der Waals surface area contributed by atoms with Crippen molar-refractivity contribution in [3.63, 3.8) is 0 Å². The first kappa shape index (κ1) is 13.2. The summed E-state index contributed by atoms with van der Waals surface area (Å²) in [6, 6.07) is 15.4. The van der Waals surface area contributed by atoms with Gasteiger partial charge >= 0.3 is 0 Å². The van der Waals surface area contributed by atoms with E-state index in [1.165, 1.54) is 11.5 Å². The molecule has 0 saturated heterocycles. The predicted molar refractivity (Wildman–Crippen MR) is 84.5 cm³/mol. The van der Waals surface area contributed by atoms with Crippen molar-refractivity contribution in [1.82, 2.24) is 9.36 Å². The Bertz CT molecular complexity index is 843. The molecule has 0 radical (unpaired) electrons. The maximum Gasteiger partial charge on any atom is 0.299 e. The lowest BCUT2D eigenvalue weighted by molar-refractivity contribution is 0.0994. The van der Waals surface area contributed by atoms with Crippen molar-refractivity contribution < 1.29 is 9.53 Å². The first-order chi connectivity index (χ1) is 10.8. The number of nitrogens with zero attached hydrogens (tertiary/aromatic N) is 2. The van der Waals surface area contributed by atoms with Crippen molar-refractivity contribution in [3.8, 4) is 22.3 Å². The molecular formula is C17H12N2O2S. The molecule has 22 heavy (non-hydrogen) atoms. The Morgan fingerprint density at radius 1 is 1.05 bits per heavy atom. The summed E-state index contributed by atoms with van der Waals surface area (Å²) in [6.07, 6.45) is 1.38. The van der Waals surface area contributed by atoms with Crippen LogP contribution in [0, 0.1) is 0 Å². The van der Waals surface area contributed by atoms with Crippen molar-refractivity contribution in [2.24, 2.45) is 0 Å². The number of carbonyl (C=O) groups is 1. The fraction of sp³-hybridized carbons (Fsp3) is 0.118. The molecule has 0 N–H and O–H groups in total. The maximum atomic E-state index is 11.6. The van der Waals surface area contributed by atoms with Crippen LogP contribution in [0.25, 0.3) is 11.4 Å². The third-order valence-electron chi connectivity index (χ3n) is 3.64. The Morgan fingerprint density at radius 2 is 1.91 bits per heavy atom. The van der Waals surface area contributed by atoms with Crippen LogP contribution in [0.4, 0.5) is 0 Å². The number of rotatable bonds is 3. The van der Waals surface area contributed by atoms with Crippen LogP contribution in [0.1, 0.15) is 22.3 Å². The molecule has 0 unspecified atom stereocenters. The van der Waals surface area contributed by atoms with E-state index in [9.17, 15) is 4.79 Å². The molecular weight excluding hydrogens is 296 g/mol. The van der Waals surface area contributed by atoms with Crippen LogP contribution in [0.2, 0.25) is 0 Å². The Kier molecular flexibility index (Phi) is 3.20. The van der Waals surface area contributed by atoms with Crippen LogP contribution in [0.5, 0.6) is 10.9 Å². The fourth-order valence-electron chi connectivity index (χ4n) is 2.55. The first-order valence-electron chi connectivity index (χ1n) is 7.03. The number of hydrogen-bond donors (Lipinski definition) is 0. The summed E-state index contributed by atoms with van der Waals surface area (Å²) in [6.45, 7) is 0. The maximum absolute atomic E-state index is 11.6. The standard InChI is InChI=1S/C17H12N2O2S/c20-15-9-6-12-10-13(7-8-14(12)15)21-17-18-16(19-22-17)11-4-2-1-3-5-11/h1-5,7-8,10H,6,9H2. The number of carbonyl (C=O) groups excluding carboxylic acids is 1. The molecule has 0 amide bonds. The van der Waals surface area contributed by atoms with E-state index in [4.69, 9.17) is 4.74 Å². The summed E-state index contributed by atoms with van der Waals surface area (Å²) in [5.74, 6) is 1.57. The summed E-state index contributed by atoms with van der Waals surface area (Å²) in [4.78, 5) is 16.0. The van der Waals surface area contributed by atoms with Gasteiger partial charge in [-0.2, -0.15) is 9.36 Å². The summed E-state index contributed by atoms with van der Waals surface area (Å²) in [5, 5.41) is 0.503. The lowest BCUT2D eigenvalue weighted by atomic mass is 10.1. The number of ether oxygens (including phenoxy) is 1. The van der Waals surface area contributed by atoms with Gasteiger partial charge in [-0.15, -0.1) is 0 Å². The third kappa shape index (κ3) is 2.40. The monoisotopic (exact) mass is 308 g/mol. The minimum atomic E-state index is 0.212. The van der Waals surface area contributed by atoms with Gasteiger partial charge < -0.3 is 4.74 Å². The van der Waals surface area contributed by atoms with E-state index in [1.54, 1.807) is 0 Å². The normalized spacial score (nSPS) is 13.2. The van der Waals surface area contributed by atoms with Gasteiger partial charge in [0.05, 0.1) is 0 Å². The van der Waals surface area contributed by atoms with Crippen LogP contribution in [-0.2, 0) is 6.42 Å². The summed E-state index contributed by atoms with van der Waals surface area (Å²) < 4.78 is 10.1. The molecule has 0 spiro atoms. The van der Waals surface area contributed by atoms with E-state index in [1.807, 2.05) is 48.5 Å². The van der Waals surface area contributed by atoms with E-state index in [-0.39, 0.29) is 5.78 Å². The molecule has 2 aromatic carbocycles. The summed E-state index contributed by atoms with van der Waals surface area (Å²) in [7, 11) is 0. The van der Waals surface area contributed by atoms with Crippen molar-refractivity contribution in [2.45, 2.75) is 12.8 Å². The van der Waals surface area contributed by atoms with Gasteiger partial charge in [-0.1, -0.05) is 30.3 Å². The second-order valence-corrected chi connectivity index (χ2v) is 5.81. The molecule has 5 heteroatoms. The molecule has 1 heterocycles. The second-order valence-electron chi connectivity index (χ2n) is 5.09. The van der Waals surface area contributed by atoms with Crippen LogP contribution >= 0.6 is 11.5 Å². The van der Waals surface area contributed by atoms with Crippen molar-refractivity contribution in [2.75, 3.05) is 0 Å². The highest BCUT2D eigenvalue weighted by Crippen LogP contribution is 2.30. The lowest BCUT2D eigenvalue weighted by Gasteiger charge is -2.03. The minimum Gasteiger partial charge on any atom is -0.430 e. The average molecular weight is 308 g/mol. The highest BCUT2D eigenvalue weighted by Gasteiger charge is 2.20. The van der Waals surface area contributed by atoms with Gasteiger partial charge in [0.2, 0.25) is 0 Å². The van der Waals surface area contributed by atoms with Crippen molar-refractivity contribution >= 4 is 17.3 Å². The molecule has 108 valence electrons. The zero-order chi connectivity index (χ0) is 14.9. The number of hydrogen-bond acceptors (Lipinski definition) is 5. The Hall–Kier alpha value is -2.53. The van der Waals surface area contributed by atoms with E-state index in [0.717, 1.165) is 23.1 Å². The molecule has 1 aliphatic rings. The first-order valence-corrected chi connectivity index (χ1v) is 7.80. The predicted octanol–water partition coefficient (Wildman–Crippen LogP) is 4.13. The van der Waals surface area contributed by atoms with E-state index in [0.29, 0.717) is 23.2 Å².